The van der Waals surface area contributed by atoms with Gasteiger partial charge in [-0.25, -0.2) is 4.98 Å². The number of furan rings is 1. The Balaban J connectivity index is 1.28. The van der Waals surface area contributed by atoms with E-state index >= 15 is 0 Å². The number of alkyl halides is 3. The fourth-order valence-electron chi connectivity index (χ4n) is 3.70. The van der Waals surface area contributed by atoms with E-state index in [0.29, 0.717) is 33.1 Å². The maximum atomic E-state index is 12.9. The van der Waals surface area contributed by atoms with Crippen molar-refractivity contribution < 1.29 is 22.4 Å². The molecule has 0 spiro atoms. The summed E-state index contributed by atoms with van der Waals surface area (Å²) in [6, 6.07) is 16.3. The third-order valence-corrected chi connectivity index (χ3v) is 7.52. The van der Waals surface area contributed by atoms with Gasteiger partial charge in [-0.15, -0.1) is 21.5 Å². The summed E-state index contributed by atoms with van der Waals surface area (Å²) in [7, 11) is 0. The third kappa shape index (κ3) is 5.65. The summed E-state index contributed by atoms with van der Waals surface area (Å²) in [5, 5.41) is 14.3. The fourth-order valence-corrected chi connectivity index (χ4v) is 5.44. The second kappa shape index (κ2) is 10.8. The first kappa shape index (κ1) is 25.7. The fraction of sp³-hybridized carbons (Fsp3) is 0.154. The molecule has 0 unspecified atom stereocenters. The van der Waals surface area contributed by atoms with E-state index < -0.39 is 17.6 Å². The molecule has 2 aromatic carbocycles. The molecule has 1 amide bonds. The van der Waals surface area contributed by atoms with Gasteiger partial charge in [0.15, 0.2) is 10.9 Å². The Morgan fingerprint density at radius 2 is 1.95 bits per heavy atom. The van der Waals surface area contributed by atoms with Crippen LogP contribution in [0, 0.1) is 6.92 Å². The zero-order chi connectivity index (χ0) is 26.7. The lowest BCUT2D eigenvalue weighted by molar-refractivity contribution is -0.137. The smallest absolute Gasteiger partial charge is 0.416 e. The zero-order valence-electron chi connectivity index (χ0n) is 19.9. The number of benzene rings is 2. The van der Waals surface area contributed by atoms with Crippen molar-refractivity contribution in [2.75, 3.05) is 0 Å². The molecule has 5 rings (SSSR count). The van der Waals surface area contributed by atoms with Crippen LogP contribution in [0.25, 0.3) is 17.3 Å². The Morgan fingerprint density at radius 1 is 1.11 bits per heavy atom. The minimum Gasteiger partial charge on any atom is -0.461 e. The predicted molar refractivity (Wildman–Crippen MR) is 138 cm³/mol. The standard InChI is InChI=1S/C26H20F3N5O2S2/c1-16-6-2-3-9-20(16)34-23(21-10-5-11-36-21)32-33-25(34)38-15-22-31-19(14-37-22)24(35)30-13-17-7-4-8-18(12-17)26(27,28)29/h2-12,14H,13,15H2,1H3,(H,30,35). The van der Waals surface area contributed by atoms with Gasteiger partial charge in [0.25, 0.3) is 5.91 Å². The first-order valence-electron chi connectivity index (χ1n) is 11.4. The predicted octanol–water partition coefficient (Wildman–Crippen LogP) is 6.53. The third-order valence-electron chi connectivity index (χ3n) is 5.55. The molecule has 0 aliphatic heterocycles. The molecule has 1 N–H and O–H groups in total. The Kier molecular flexibility index (Phi) is 7.34. The number of aryl methyl sites for hydroxylation is 1. The molecule has 0 aliphatic rings. The van der Waals surface area contributed by atoms with Crippen molar-refractivity contribution in [2.45, 2.75) is 30.6 Å². The van der Waals surface area contributed by atoms with Crippen LogP contribution in [0.5, 0.6) is 0 Å². The molecule has 194 valence electrons. The quantitative estimate of drug-likeness (QED) is 0.219. The first-order valence-corrected chi connectivity index (χ1v) is 13.2. The number of amides is 1. The number of nitrogens with zero attached hydrogens (tertiary/aromatic N) is 4. The highest BCUT2D eigenvalue weighted by molar-refractivity contribution is 7.98. The topological polar surface area (TPSA) is 85.8 Å². The minimum atomic E-state index is -4.44. The Hall–Kier alpha value is -3.90. The molecule has 0 fully saturated rings. The summed E-state index contributed by atoms with van der Waals surface area (Å²) in [5.74, 6) is 1.13. The molecule has 12 heteroatoms. The number of para-hydroxylation sites is 1. The molecule has 0 atom stereocenters. The van der Waals surface area contributed by atoms with E-state index in [1.165, 1.54) is 35.2 Å². The molecule has 3 heterocycles. The SMILES string of the molecule is Cc1ccccc1-n1c(SCc2nc(C(=O)NCc3cccc(C(F)(F)F)c3)cs2)nnc1-c1ccco1. The molecule has 0 aliphatic carbocycles. The van der Waals surface area contributed by atoms with Crippen LogP contribution in [0.3, 0.4) is 0 Å². The molecule has 0 saturated carbocycles. The van der Waals surface area contributed by atoms with Crippen molar-refractivity contribution in [3.05, 3.63) is 99.7 Å². The van der Waals surface area contributed by atoms with Crippen LogP contribution >= 0.6 is 23.1 Å². The lowest BCUT2D eigenvalue weighted by Gasteiger charge is -2.11. The molecule has 7 nitrogen and oxygen atoms in total. The number of hydrogen-bond acceptors (Lipinski definition) is 7. The summed E-state index contributed by atoms with van der Waals surface area (Å²) in [6.45, 7) is 1.96. The second-order valence-corrected chi connectivity index (χ2v) is 10.1. The monoisotopic (exact) mass is 555 g/mol. The highest BCUT2D eigenvalue weighted by Crippen LogP contribution is 2.32. The molecular formula is C26H20F3N5O2S2. The van der Waals surface area contributed by atoms with Crippen LogP contribution < -0.4 is 5.32 Å². The zero-order valence-corrected chi connectivity index (χ0v) is 21.5. The van der Waals surface area contributed by atoms with Crippen LogP contribution in [0.2, 0.25) is 0 Å². The summed E-state index contributed by atoms with van der Waals surface area (Å²) in [5.41, 5.74) is 1.75. The van der Waals surface area contributed by atoms with Crippen LogP contribution in [0.1, 0.15) is 32.2 Å². The lowest BCUT2D eigenvalue weighted by atomic mass is 10.1. The average molecular weight is 556 g/mol. The van der Waals surface area contributed by atoms with Crippen LogP contribution in [-0.2, 0) is 18.5 Å². The normalized spacial score (nSPS) is 11.6. The van der Waals surface area contributed by atoms with Gasteiger partial charge in [0, 0.05) is 11.9 Å². The Labute approximate surface area is 223 Å². The maximum Gasteiger partial charge on any atom is 0.416 e. The Morgan fingerprint density at radius 3 is 2.71 bits per heavy atom. The van der Waals surface area contributed by atoms with Crippen molar-refractivity contribution >= 4 is 29.0 Å². The second-order valence-electron chi connectivity index (χ2n) is 8.20. The van der Waals surface area contributed by atoms with Gasteiger partial charge < -0.3 is 9.73 Å². The molecule has 0 saturated heterocycles. The first-order chi connectivity index (χ1) is 18.3. The van der Waals surface area contributed by atoms with Gasteiger partial charge in [0.1, 0.15) is 10.7 Å². The van der Waals surface area contributed by atoms with Gasteiger partial charge in [-0.05, 0) is 48.4 Å². The van der Waals surface area contributed by atoms with Gasteiger partial charge in [-0.3, -0.25) is 9.36 Å². The number of halogens is 3. The van der Waals surface area contributed by atoms with Crippen molar-refractivity contribution in [1.82, 2.24) is 25.1 Å². The maximum absolute atomic E-state index is 12.9. The molecule has 0 radical (unpaired) electrons. The summed E-state index contributed by atoms with van der Waals surface area (Å²) in [6.07, 6.45) is -2.86. The summed E-state index contributed by atoms with van der Waals surface area (Å²) >= 11 is 2.73. The van der Waals surface area contributed by atoms with Crippen molar-refractivity contribution in [3.63, 3.8) is 0 Å². The van der Waals surface area contributed by atoms with E-state index in [-0.39, 0.29) is 12.2 Å². The van der Waals surface area contributed by atoms with Gasteiger partial charge in [-0.1, -0.05) is 42.1 Å². The van der Waals surface area contributed by atoms with E-state index in [0.717, 1.165) is 23.4 Å². The van der Waals surface area contributed by atoms with Gasteiger partial charge in [0.2, 0.25) is 5.82 Å². The molecular weight excluding hydrogens is 535 g/mol. The number of thiazole rings is 1. The average Bonchev–Trinajstić information content (AvgIpc) is 3.67. The Bertz CT molecular complexity index is 1560. The largest absolute Gasteiger partial charge is 0.461 e. The number of hydrogen-bond donors (Lipinski definition) is 1. The number of nitrogens with one attached hydrogen (secondary N) is 1. The van der Waals surface area contributed by atoms with Crippen molar-refractivity contribution in [1.29, 1.82) is 0 Å². The van der Waals surface area contributed by atoms with E-state index in [9.17, 15) is 18.0 Å². The minimum absolute atomic E-state index is 0.0422. The van der Waals surface area contributed by atoms with Gasteiger partial charge in [0.05, 0.1) is 23.3 Å². The highest BCUT2D eigenvalue weighted by atomic mass is 32.2. The van der Waals surface area contributed by atoms with Gasteiger partial charge >= 0.3 is 6.18 Å². The number of aromatic nitrogens is 4. The number of carbonyl (C=O) groups excluding carboxylic acids is 1. The van der Waals surface area contributed by atoms with Crippen LogP contribution in [0.15, 0.2) is 81.9 Å². The highest BCUT2D eigenvalue weighted by Gasteiger charge is 2.30. The van der Waals surface area contributed by atoms with E-state index in [2.05, 4.69) is 20.5 Å². The lowest BCUT2D eigenvalue weighted by Crippen LogP contribution is -2.23. The van der Waals surface area contributed by atoms with E-state index in [1.54, 1.807) is 17.7 Å². The molecule has 38 heavy (non-hydrogen) atoms. The van der Waals surface area contributed by atoms with E-state index in [1.807, 2.05) is 41.8 Å². The molecule has 3 aromatic heterocycles. The molecule has 5 aromatic rings. The van der Waals surface area contributed by atoms with E-state index in [4.69, 9.17) is 4.42 Å². The summed E-state index contributed by atoms with van der Waals surface area (Å²) < 4.78 is 46.3. The van der Waals surface area contributed by atoms with Gasteiger partial charge in [-0.2, -0.15) is 13.2 Å². The van der Waals surface area contributed by atoms with Crippen LogP contribution in [0.4, 0.5) is 13.2 Å². The number of carbonyl (C=O) groups is 1. The van der Waals surface area contributed by atoms with Crippen molar-refractivity contribution in [3.8, 4) is 17.3 Å². The van der Waals surface area contributed by atoms with Crippen molar-refractivity contribution in [2.24, 2.45) is 0 Å². The summed E-state index contributed by atoms with van der Waals surface area (Å²) in [4.78, 5) is 17.0. The number of rotatable bonds is 8. The molecule has 0 bridgehead atoms. The van der Waals surface area contributed by atoms with Crippen LogP contribution in [-0.4, -0.2) is 25.7 Å². The number of thioether (sulfide) groups is 1.